The Bertz CT molecular complexity index is 1410. The average Bonchev–Trinajstić information content (AvgIpc) is 2.83. The van der Waals surface area contributed by atoms with Crippen molar-refractivity contribution < 1.29 is 9.53 Å². The molecule has 0 radical (unpaired) electrons. The van der Waals surface area contributed by atoms with Crippen LogP contribution in [0.25, 0.3) is 21.5 Å². The monoisotopic (exact) mass is 428 g/mol. The van der Waals surface area contributed by atoms with Crippen LogP contribution in [0.1, 0.15) is 36.3 Å². The first kappa shape index (κ1) is 21.2. The first-order valence-electron chi connectivity index (χ1n) is 10.4. The molecule has 0 aliphatic carbocycles. The Morgan fingerprint density at radius 3 is 2.53 bits per heavy atom. The van der Waals surface area contributed by atoms with E-state index < -0.39 is 5.91 Å². The van der Waals surface area contributed by atoms with Crippen LogP contribution in [0.2, 0.25) is 0 Å². The van der Waals surface area contributed by atoms with Crippen LogP contribution in [0.5, 0.6) is 5.75 Å². The summed E-state index contributed by atoms with van der Waals surface area (Å²) in [6.07, 6.45) is 0.734. The number of amides is 1. The molecule has 7 heteroatoms. The van der Waals surface area contributed by atoms with E-state index in [-0.39, 0.29) is 11.3 Å². The van der Waals surface area contributed by atoms with Crippen LogP contribution in [0, 0.1) is 0 Å². The molecule has 0 aliphatic heterocycles. The summed E-state index contributed by atoms with van der Waals surface area (Å²) in [5.41, 5.74) is 4.11. The van der Waals surface area contributed by atoms with E-state index in [1.807, 2.05) is 50.2 Å². The van der Waals surface area contributed by atoms with Crippen LogP contribution >= 0.6 is 0 Å². The summed E-state index contributed by atoms with van der Waals surface area (Å²) >= 11 is 0. The predicted octanol–water partition coefficient (Wildman–Crippen LogP) is 4.12. The number of carbonyl (C=O) groups is 1. The number of nitrogens with zero attached hydrogens (tertiary/aromatic N) is 3. The molecule has 0 fully saturated rings. The summed E-state index contributed by atoms with van der Waals surface area (Å²) in [6, 6.07) is 18.8. The zero-order valence-corrected chi connectivity index (χ0v) is 18.3. The molecule has 1 heterocycles. The van der Waals surface area contributed by atoms with Crippen LogP contribution in [0.3, 0.4) is 0 Å². The SMILES string of the molecule is CCCn1nc(C(=O)N/N=C(\C)c2ccc3cc(OC)ccc3c2)c2ccccc2c1=O. The minimum Gasteiger partial charge on any atom is -0.497 e. The molecule has 1 N–H and O–H groups in total. The third-order valence-corrected chi connectivity index (χ3v) is 5.31. The first-order valence-corrected chi connectivity index (χ1v) is 10.4. The molecule has 0 saturated heterocycles. The van der Waals surface area contributed by atoms with Crippen LogP contribution in [-0.2, 0) is 6.54 Å². The maximum atomic E-state index is 12.9. The number of benzene rings is 3. The van der Waals surface area contributed by atoms with Crippen molar-refractivity contribution in [2.24, 2.45) is 5.10 Å². The molecule has 32 heavy (non-hydrogen) atoms. The lowest BCUT2D eigenvalue weighted by Gasteiger charge is -2.10. The van der Waals surface area contributed by atoms with Gasteiger partial charge in [0, 0.05) is 11.9 Å². The van der Waals surface area contributed by atoms with Crippen molar-refractivity contribution in [1.29, 1.82) is 0 Å². The van der Waals surface area contributed by atoms with Crippen molar-refractivity contribution in [3.05, 3.63) is 82.3 Å². The molecule has 0 atom stereocenters. The van der Waals surface area contributed by atoms with Gasteiger partial charge in [-0.15, -0.1) is 0 Å². The lowest BCUT2D eigenvalue weighted by atomic mass is 10.0. The van der Waals surface area contributed by atoms with E-state index in [0.29, 0.717) is 23.0 Å². The highest BCUT2D eigenvalue weighted by Gasteiger charge is 2.16. The normalized spacial score (nSPS) is 11.7. The molecule has 7 nitrogen and oxygen atoms in total. The third kappa shape index (κ3) is 4.09. The van der Waals surface area contributed by atoms with Gasteiger partial charge in [-0.1, -0.05) is 43.3 Å². The van der Waals surface area contributed by atoms with E-state index in [2.05, 4.69) is 15.6 Å². The molecular weight excluding hydrogens is 404 g/mol. The molecule has 4 rings (SSSR count). The maximum absolute atomic E-state index is 12.9. The fourth-order valence-corrected chi connectivity index (χ4v) is 3.59. The van der Waals surface area contributed by atoms with Gasteiger partial charge >= 0.3 is 0 Å². The molecule has 4 aromatic rings. The number of aryl methyl sites for hydroxylation is 1. The number of hydrogen-bond acceptors (Lipinski definition) is 5. The molecule has 162 valence electrons. The van der Waals surface area contributed by atoms with E-state index in [1.54, 1.807) is 31.4 Å². The number of rotatable bonds is 6. The van der Waals surface area contributed by atoms with Crippen molar-refractivity contribution in [2.45, 2.75) is 26.8 Å². The third-order valence-electron chi connectivity index (χ3n) is 5.31. The zero-order chi connectivity index (χ0) is 22.7. The molecule has 0 unspecified atom stereocenters. The van der Waals surface area contributed by atoms with Crippen molar-refractivity contribution in [2.75, 3.05) is 7.11 Å². The Labute approximate surface area is 185 Å². The molecule has 0 bridgehead atoms. The number of ether oxygens (including phenoxy) is 1. The van der Waals surface area contributed by atoms with Gasteiger partial charge in [0.2, 0.25) is 0 Å². The van der Waals surface area contributed by atoms with Gasteiger partial charge in [0.05, 0.1) is 18.2 Å². The summed E-state index contributed by atoms with van der Waals surface area (Å²) < 4.78 is 6.61. The second kappa shape index (κ2) is 9.01. The summed E-state index contributed by atoms with van der Waals surface area (Å²) in [5, 5.41) is 11.7. The zero-order valence-electron chi connectivity index (χ0n) is 18.3. The number of hydrazone groups is 1. The second-order valence-electron chi connectivity index (χ2n) is 7.49. The van der Waals surface area contributed by atoms with Crippen LogP contribution in [-0.4, -0.2) is 28.5 Å². The van der Waals surface area contributed by atoms with Crippen molar-refractivity contribution in [1.82, 2.24) is 15.2 Å². The highest BCUT2D eigenvalue weighted by molar-refractivity contribution is 6.06. The number of fused-ring (bicyclic) bond motifs is 2. The lowest BCUT2D eigenvalue weighted by molar-refractivity contribution is 0.0949. The summed E-state index contributed by atoms with van der Waals surface area (Å²) in [5.74, 6) is 0.336. The molecule has 0 spiro atoms. The van der Waals surface area contributed by atoms with Gasteiger partial charge in [0.25, 0.3) is 11.5 Å². The maximum Gasteiger partial charge on any atom is 0.292 e. The van der Waals surface area contributed by atoms with Crippen LogP contribution in [0.4, 0.5) is 0 Å². The van der Waals surface area contributed by atoms with Gasteiger partial charge < -0.3 is 4.74 Å². The highest BCUT2D eigenvalue weighted by Crippen LogP contribution is 2.22. The lowest BCUT2D eigenvalue weighted by Crippen LogP contribution is -2.29. The molecule has 0 saturated carbocycles. The summed E-state index contributed by atoms with van der Waals surface area (Å²) in [4.78, 5) is 25.6. The predicted molar refractivity (Wildman–Crippen MR) is 126 cm³/mol. The van der Waals surface area contributed by atoms with Crippen molar-refractivity contribution >= 4 is 33.2 Å². The van der Waals surface area contributed by atoms with E-state index in [4.69, 9.17) is 4.74 Å². The Balaban J connectivity index is 1.64. The van der Waals surface area contributed by atoms with Gasteiger partial charge in [-0.05, 0) is 53.9 Å². The summed E-state index contributed by atoms with van der Waals surface area (Å²) in [7, 11) is 1.64. The number of aromatic nitrogens is 2. The Hall–Kier alpha value is -4.00. The Kier molecular flexibility index (Phi) is 5.98. The van der Waals surface area contributed by atoms with Crippen LogP contribution in [0.15, 0.2) is 70.6 Å². The fourth-order valence-electron chi connectivity index (χ4n) is 3.59. The minimum atomic E-state index is -0.462. The first-order chi connectivity index (χ1) is 15.5. The molecule has 3 aromatic carbocycles. The topological polar surface area (TPSA) is 85.6 Å². The Morgan fingerprint density at radius 1 is 1.06 bits per heavy atom. The van der Waals surface area contributed by atoms with Crippen molar-refractivity contribution in [3.63, 3.8) is 0 Å². The number of carbonyl (C=O) groups excluding carboxylic acids is 1. The quantitative estimate of drug-likeness (QED) is 0.370. The second-order valence-corrected chi connectivity index (χ2v) is 7.49. The van der Waals surface area contributed by atoms with E-state index in [1.165, 1.54) is 4.68 Å². The minimum absolute atomic E-state index is 0.177. The summed E-state index contributed by atoms with van der Waals surface area (Å²) in [6.45, 7) is 4.22. The van der Waals surface area contributed by atoms with E-state index in [9.17, 15) is 9.59 Å². The van der Waals surface area contributed by atoms with Gasteiger partial charge in [-0.2, -0.15) is 10.2 Å². The molecule has 1 aromatic heterocycles. The average molecular weight is 428 g/mol. The van der Waals surface area contributed by atoms with Crippen LogP contribution < -0.4 is 15.7 Å². The smallest absolute Gasteiger partial charge is 0.292 e. The Morgan fingerprint density at radius 2 is 1.78 bits per heavy atom. The number of methoxy groups -OCH3 is 1. The number of hydrogen-bond donors (Lipinski definition) is 1. The standard InChI is InChI=1S/C25H24N4O3/c1-4-13-29-25(31)22-8-6-5-7-21(22)23(28-29)24(30)27-26-16(2)17-9-10-19-15-20(32-3)12-11-18(19)14-17/h5-12,14-15H,4,13H2,1-3H3,(H,27,30)/b26-16+. The van der Waals surface area contributed by atoms with Gasteiger partial charge in [0.1, 0.15) is 5.75 Å². The number of nitrogens with one attached hydrogen (secondary N) is 1. The molecular formula is C25H24N4O3. The molecule has 1 amide bonds. The van der Waals surface area contributed by atoms with Gasteiger partial charge in [0.15, 0.2) is 5.69 Å². The van der Waals surface area contributed by atoms with Crippen molar-refractivity contribution in [3.8, 4) is 5.75 Å². The largest absolute Gasteiger partial charge is 0.497 e. The molecule has 0 aliphatic rings. The fraction of sp³-hybridized carbons (Fsp3) is 0.200. The highest BCUT2D eigenvalue weighted by atomic mass is 16.5. The van der Waals surface area contributed by atoms with E-state index in [0.717, 1.165) is 28.5 Å². The van der Waals surface area contributed by atoms with Gasteiger partial charge in [-0.3, -0.25) is 9.59 Å². The van der Waals surface area contributed by atoms with E-state index >= 15 is 0 Å². The van der Waals surface area contributed by atoms with Gasteiger partial charge in [-0.25, -0.2) is 10.1 Å².